The summed E-state index contributed by atoms with van der Waals surface area (Å²) in [6, 6.07) is 10.2. The van der Waals surface area contributed by atoms with Crippen molar-refractivity contribution in [2.75, 3.05) is 20.2 Å². The Kier molecular flexibility index (Phi) is 5.44. The van der Waals surface area contributed by atoms with Gasteiger partial charge in [-0.25, -0.2) is 0 Å². The van der Waals surface area contributed by atoms with Crippen molar-refractivity contribution in [1.29, 1.82) is 0 Å². The second kappa shape index (κ2) is 7.09. The first-order valence-corrected chi connectivity index (χ1v) is 7.79. The molecule has 0 saturated carbocycles. The lowest BCUT2D eigenvalue weighted by Gasteiger charge is -2.36. The van der Waals surface area contributed by atoms with Crippen molar-refractivity contribution in [2.24, 2.45) is 0 Å². The Morgan fingerprint density at radius 3 is 2.65 bits per heavy atom. The predicted molar refractivity (Wildman–Crippen MR) is 84.3 cm³/mol. The average Bonchev–Trinajstić information content (AvgIpc) is 2.44. The van der Waals surface area contributed by atoms with Crippen molar-refractivity contribution < 1.29 is 4.74 Å². The molecule has 0 spiro atoms. The van der Waals surface area contributed by atoms with E-state index in [2.05, 4.69) is 55.4 Å². The van der Waals surface area contributed by atoms with Crippen LogP contribution in [0.25, 0.3) is 0 Å². The lowest BCUT2D eigenvalue weighted by molar-refractivity contribution is 0.163. The van der Waals surface area contributed by atoms with Crippen LogP contribution in [0.1, 0.15) is 45.2 Å². The molecule has 0 aromatic heterocycles. The number of piperidine rings is 1. The molecule has 0 radical (unpaired) electrons. The van der Waals surface area contributed by atoms with Crippen LogP contribution in [0.4, 0.5) is 0 Å². The standard InChI is InChI=1S/C17H28N2O/c1-5-20-17-8-6-15(7-9-17)14(3)18-16-10-11-19(4)13(2)12-16/h6-9,13-14,16,18H,5,10-12H2,1-4H3. The van der Waals surface area contributed by atoms with Gasteiger partial charge in [0.15, 0.2) is 0 Å². The number of nitrogens with zero attached hydrogens (tertiary/aromatic N) is 1. The molecular weight excluding hydrogens is 248 g/mol. The molecule has 1 aromatic rings. The molecule has 3 heteroatoms. The number of nitrogens with one attached hydrogen (secondary N) is 1. The van der Waals surface area contributed by atoms with Crippen LogP contribution in [-0.2, 0) is 0 Å². The monoisotopic (exact) mass is 276 g/mol. The quantitative estimate of drug-likeness (QED) is 0.893. The number of hydrogen-bond donors (Lipinski definition) is 1. The summed E-state index contributed by atoms with van der Waals surface area (Å²) in [5.74, 6) is 0.955. The van der Waals surface area contributed by atoms with Crippen molar-refractivity contribution in [2.45, 2.75) is 51.7 Å². The fourth-order valence-electron chi connectivity index (χ4n) is 2.91. The fraction of sp³-hybridized carbons (Fsp3) is 0.647. The summed E-state index contributed by atoms with van der Waals surface area (Å²) in [4.78, 5) is 2.44. The molecule has 0 bridgehead atoms. The number of ether oxygens (including phenoxy) is 1. The molecule has 1 N–H and O–H groups in total. The number of likely N-dealkylation sites (tertiary alicyclic amines) is 1. The molecule has 2 rings (SSSR count). The van der Waals surface area contributed by atoms with Crippen LogP contribution in [0.2, 0.25) is 0 Å². The minimum absolute atomic E-state index is 0.395. The first kappa shape index (κ1) is 15.3. The Labute approximate surface area is 123 Å². The zero-order valence-electron chi connectivity index (χ0n) is 13.2. The third-order valence-corrected chi connectivity index (χ3v) is 4.39. The molecule has 1 fully saturated rings. The molecule has 1 aliphatic heterocycles. The fourth-order valence-corrected chi connectivity index (χ4v) is 2.91. The summed E-state index contributed by atoms with van der Waals surface area (Å²) in [5, 5.41) is 3.77. The maximum absolute atomic E-state index is 5.49. The SMILES string of the molecule is CCOc1ccc(C(C)NC2CCN(C)C(C)C2)cc1. The van der Waals surface area contributed by atoms with E-state index in [9.17, 15) is 0 Å². The van der Waals surface area contributed by atoms with Crippen LogP contribution in [0.5, 0.6) is 5.75 Å². The predicted octanol–water partition coefficient (Wildman–Crippen LogP) is 3.22. The van der Waals surface area contributed by atoms with E-state index in [0.717, 1.165) is 12.4 Å². The highest BCUT2D eigenvalue weighted by molar-refractivity contribution is 5.29. The van der Waals surface area contributed by atoms with E-state index in [1.165, 1.54) is 24.9 Å². The zero-order chi connectivity index (χ0) is 14.5. The molecule has 0 aliphatic carbocycles. The maximum Gasteiger partial charge on any atom is 0.119 e. The van der Waals surface area contributed by atoms with Crippen LogP contribution in [0.15, 0.2) is 24.3 Å². The maximum atomic E-state index is 5.49. The van der Waals surface area contributed by atoms with Gasteiger partial charge in [-0.15, -0.1) is 0 Å². The third kappa shape index (κ3) is 3.97. The molecule has 3 atom stereocenters. The van der Waals surface area contributed by atoms with Crippen LogP contribution >= 0.6 is 0 Å². The molecular formula is C17H28N2O. The topological polar surface area (TPSA) is 24.5 Å². The smallest absolute Gasteiger partial charge is 0.119 e. The second-order valence-corrected chi connectivity index (χ2v) is 5.94. The van der Waals surface area contributed by atoms with Gasteiger partial charge in [-0.1, -0.05) is 12.1 Å². The molecule has 3 unspecified atom stereocenters. The van der Waals surface area contributed by atoms with Crippen molar-refractivity contribution in [3.8, 4) is 5.75 Å². The molecule has 1 saturated heterocycles. The zero-order valence-corrected chi connectivity index (χ0v) is 13.2. The van der Waals surface area contributed by atoms with E-state index in [-0.39, 0.29) is 0 Å². The van der Waals surface area contributed by atoms with Crippen molar-refractivity contribution >= 4 is 0 Å². The molecule has 1 aromatic carbocycles. The van der Waals surface area contributed by atoms with Gasteiger partial charge in [0.2, 0.25) is 0 Å². The summed E-state index contributed by atoms with van der Waals surface area (Å²) >= 11 is 0. The summed E-state index contributed by atoms with van der Waals surface area (Å²) in [6.45, 7) is 8.49. The van der Waals surface area contributed by atoms with Gasteiger partial charge in [-0.3, -0.25) is 0 Å². The lowest BCUT2D eigenvalue weighted by Crippen LogP contribution is -2.46. The number of hydrogen-bond acceptors (Lipinski definition) is 3. The van der Waals surface area contributed by atoms with Gasteiger partial charge in [0.05, 0.1) is 6.61 Å². The van der Waals surface area contributed by atoms with Crippen LogP contribution in [0, 0.1) is 0 Å². The van der Waals surface area contributed by atoms with Gasteiger partial charge in [-0.2, -0.15) is 0 Å². The van der Waals surface area contributed by atoms with E-state index in [0.29, 0.717) is 18.1 Å². The van der Waals surface area contributed by atoms with Crippen molar-refractivity contribution in [1.82, 2.24) is 10.2 Å². The Morgan fingerprint density at radius 2 is 2.05 bits per heavy atom. The molecule has 20 heavy (non-hydrogen) atoms. The van der Waals surface area contributed by atoms with Gasteiger partial charge in [0.1, 0.15) is 5.75 Å². The van der Waals surface area contributed by atoms with E-state index in [1.54, 1.807) is 0 Å². The van der Waals surface area contributed by atoms with Gasteiger partial charge in [0, 0.05) is 18.1 Å². The van der Waals surface area contributed by atoms with E-state index in [1.807, 2.05) is 6.92 Å². The van der Waals surface area contributed by atoms with Crippen molar-refractivity contribution in [3.05, 3.63) is 29.8 Å². The Hall–Kier alpha value is -1.06. The first-order valence-electron chi connectivity index (χ1n) is 7.79. The first-order chi connectivity index (χ1) is 9.60. The Balaban J connectivity index is 1.89. The summed E-state index contributed by atoms with van der Waals surface area (Å²) in [5.41, 5.74) is 1.33. The van der Waals surface area contributed by atoms with Crippen LogP contribution < -0.4 is 10.1 Å². The van der Waals surface area contributed by atoms with Gasteiger partial charge in [0.25, 0.3) is 0 Å². The van der Waals surface area contributed by atoms with E-state index in [4.69, 9.17) is 4.74 Å². The minimum atomic E-state index is 0.395. The van der Waals surface area contributed by atoms with Gasteiger partial charge >= 0.3 is 0 Å². The highest BCUT2D eigenvalue weighted by Gasteiger charge is 2.23. The molecule has 112 valence electrons. The summed E-state index contributed by atoms with van der Waals surface area (Å²) in [7, 11) is 2.22. The third-order valence-electron chi connectivity index (χ3n) is 4.39. The largest absolute Gasteiger partial charge is 0.494 e. The minimum Gasteiger partial charge on any atom is -0.494 e. The molecule has 0 amide bonds. The van der Waals surface area contributed by atoms with Crippen molar-refractivity contribution in [3.63, 3.8) is 0 Å². The highest BCUT2D eigenvalue weighted by atomic mass is 16.5. The Bertz CT molecular complexity index is 404. The van der Waals surface area contributed by atoms with Crippen LogP contribution in [-0.4, -0.2) is 37.2 Å². The Morgan fingerprint density at radius 1 is 1.35 bits per heavy atom. The lowest BCUT2D eigenvalue weighted by atomic mass is 9.97. The van der Waals surface area contributed by atoms with E-state index >= 15 is 0 Å². The number of rotatable bonds is 5. The number of benzene rings is 1. The summed E-state index contributed by atoms with van der Waals surface area (Å²) < 4.78 is 5.49. The second-order valence-electron chi connectivity index (χ2n) is 5.94. The van der Waals surface area contributed by atoms with Crippen LogP contribution in [0.3, 0.4) is 0 Å². The highest BCUT2D eigenvalue weighted by Crippen LogP contribution is 2.21. The molecule has 1 aliphatic rings. The normalized spacial score (nSPS) is 25.4. The van der Waals surface area contributed by atoms with Gasteiger partial charge < -0.3 is 15.0 Å². The average molecular weight is 276 g/mol. The van der Waals surface area contributed by atoms with E-state index < -0.39 is 0 Å². The van der Waals surface area contributed by atoms with Gasteiger partial charge in [-0.05, 0) is 64.9 Å². The summed E-state index contributed by atoms with van der Waals surface area (Å²) in [6.07, 6.45) is 2.47. The molecule has 3 nitrogen and oxygen atoms in total. The molecule has 1 heterocycles.